The highest BCUT2D eigenvalue weighted by atomic mass is 16.6. The number of carbonyl (C=O) groups excluding carboxylic acids is 9. The van der Waals surface area contributed by atoms with Gasteiger partial charge in [0.15, 0.2) is 17.8 Å². The van der Waals surface area contributed by atoms with Crippen molar-refractivity contribution in [3.63, 3.8) is 0 Å². The first-order valence-corrected chi connectivity index (χ1v) is 20.8. The molecule has 1 aromatic rings. The third kappa shape index (κ3) is 12.7. The van der Waals surface area contributed by atoms with Crippen molar-refractivity contribution in [2.75, 3.05) is 46.5 Å². The Balaban J connectivity index is 1.79. The number of amides is 4. The van der Waals surface area contributed by atoms with E-state index in [0.29, 0.717) is 17.5 Å². The van der Waals surface area contributed by atoms with Crippen LogP contribution < -0.4 is 15.4 Å². The van der Waals surface area contributed by atoms with Crippen molar-refractivity contribution in [2.45, 2.75) is 136 Å². The molecule has 4 rings (SSSR count). The van der Waals surface area contributed by atoms with Gasteiger partial charge in [0.2, 0.25) is 11.8 Å². The fourth-order valence-electron chi connectivity index (χ4n) is 8.36. The summed E-state index contributed by atoms with van der Waals surface area (Å²) in [6, 6.07) is 1.50. The predicted molar refractivity (Wildman–Crippen MR) is 220 cm³/mol. The van der Waals surface area contributed by atoms with Crippen LogP contribution >= 0.6 is 0 Å². The third-order valence-corrected chi connectivity index (χ3v) is 10.8. The molecular formula is C43H60N4O17. The Morgan fingerprint density at radius 3 is 2.08 bits per heavy atom. The smallest absolute Gasteiger partial charge is 0.410 e. The summed E-state index contributed by atoms with van der Waals surface area (Å²) in [5.41, 5.74) is -3.10. The molecule has 4 amide bonds. The second-order valence-corrected chi connectivity index (χ2v) is 17.3. The van der Waals surface area contributed by atoms with E-state index in [1.54, 1.807) is 34.6 Å². The zero-order chi connectivity index (χ0) is 47.9. The van der Waals surface area contributed by atoms with Gasteiger partial charge in [0.25, 0.3) is 5.91 Å². The number of morpholine rings is 1. The molecule has 0 radical (unpaired) electrons. The molecule has 0 aliphatic carbocycles. The van der Waals surface area contributed by atoms with Crippen LogP contribution in [0.5, 0.6) is 5.75 Å². The average molecular weight is 905 g/mol. The number of aryl methyl sites for hydroxylation is 2. The van der Waals surface area contributed by atoms with E-state index in [1.807, 2.05) is 0 Å². The minimum Gasteiger partial charge on any atom is -0.467 e. The molecule has 3 aliphatic heterocycles. The van der Waals surface area contributed by atoms with E-state index in [2.05, 4.69) is 10.6 Å². The molecule has 3 saturated heterocycles. The first-order valence-electron chi connectivity index (χ1n) is 20.8. The summed E-state index contributed by atoms with van der Waals surface area (Å²) < 4.78 is 45.7. The maximum Gasteiger partial charge on any atom is 0.410 e. The number of hydrogen-bond acceptors (Lipinski definition) is 17. The van der Waals surface area contributed by atoms with Gasteiger partial charge in [-0.1, -0.05) is 0 Å². The molecule has 7 atom stereocenters. The van der Waals surface area contributed by atoms with Gasteiger partial charge < -0.3 is 58.3 Å². The summed E-state index contributed by atoms with van der Waals surface area (Å²) in [6.45, 7) is 13.9. The Hall–Kier alpha value is -5.83. The van der Waals surface area contributed by atoms with Crippen LogP contribution in [0.3, 0.4) is 0 Å². The molecule has 1 spiro atoms. The van der Waals surface area contributed by atoms with E-state index in [4.69, 9.17) is 37.9 Å². The molecule has 354 valence electrons. The Labute approximate surface area is 371 Å². The lowest BCUT2D eigenvalue weighted by molar-refractivity contribution is -0.241. The number of nitrogens with one attached hydrogen (secondary N) is 2. The van der Waals surface area contributed by atoms with E-state index in [9.17, 15) is 43.2 Å². The summed E-state index contributed by atoms with van der Waals surface area (Å²) in [4.78, 5) is 122. The second-order valence-electron chi connectivity index (χ2n) is 17.3. The molecule has 1 aromatic carbocycles. The summed E-state index contributed by atoms with van der Waals surface area (Å²) in [7, 11) is 1.04. The molecule has 3 fully saturated rings. The number of rotatable bonds is 13. The molecule has 64 heavy (non-hydrogen) atoms. The van der Waals surface area contributed by atoms with E-state index in [1.165, 1.54) is 28.9 Å². The third-order valence-electron chi connectivity index (χ3n) is 10.8. The Kier molecular flexibility index (Phi) is 16.5. The Bertz CT molecular complexity index is 1980. The van der Waals surface area contributed by atoms with E-state index in [0.717, 1.165) is 34.8 Å². The maximum absolute atomic E-state index is 14.8. The summed E-state index contributed by atoms with van der Waals surface area (Å²) >= 11 is 0. The summed E-state index contributed by atoms with van der Waals surface area (Å²) in [6.07, 6.45) is -8.21. The van der Waals surface area contributed by atoms with Crippen molar-refractivity contribution in [2.24, 2.45) is 0 Å². The van der Waals surface area contributed by atoms with Crippen molar-refractivity contribution in [1.82, 2.24) is 20.4 Å². The standard InChI is InChI=1S/C43H60N4O17/c1-23-16-30(17-24(2)35(23)61-28(6)51)38(54)44-20-32(60-27(5)50)36(62-29(7)52)37-34(45-25(3)48)31(59-26(4)49)18-43(63-37,39(55)57-11)19-33(53)47-14-15-58-22-42(47)12-13-46(21-42)40(56)64-41(8,9)10/h16-17,31-32,34,36-37H,12-15,18-22H2,1-11H3,(H,44,54)(H,45,48)/t31-,32+,34+,36+,37+,42+,43-/m0/s1. The lowest BCUT2D eigenvalue weighted by Crippen LogP contribution is -2.70. The molecule has 21 heteroatoms. The van der Waals surface area contributed by atoms with Gasteiger partial charge in [-0.05, 0) is 64.3 Å². The van der Waals surface area contributed by atoms with Crippen LogP contribution in [-0.4, -0.2) is 157 Å². The van der Waals surface area contributed by atoms with Crippen LogP contribution in [0.1, 0.15) is 96.1 Å². The number of carbonyl (C=O) groups is 9. The average Bonchev–Trinajstić information content (AvgIpc) is 3.60. The minimum atomic E-state index is -2.32. The fourth-order valence-corrected chi connectivity index (χ4v) is 8.36. The second kappa shape index (κ2) is 20.8. The molecule has 3 aliphatic rings. The van der Waals surface area contributed by atoms with Gasteiger partial charge >= 0.3 is 35.9 Å². The van der Waals surface area contributed by atoms with Crippen molar-refractivity contribution in [3.05, 3.63) is 28.8 Å². The number of nitrogens with zero attached hydrogens (tertiary/aromatic N) is 2. The molecule has 0 bridgehead atoms. The molecular weight excluding hydrogens is 844 g/mol. The lowest BCUT2D eigenvalue weighted by Gasteiger charge is -2.50. The number of benzene rings is 1. The van der Waals surface area contributed by atoms with E-state index >= 15 is 0 Å². The van der Waals surface area contributed by atoms with Crippen LogP contribution in [0, 0.1) is 13.8 Å². The van der Waals surface area contributed by atoms with Crippen LogP contribution in [0.2, 0.25) is 0 Å². The monoisotopic (exact) mass is 904 g/mol. The quantitative estimate of drug-likeness (QED) is 0.162. The Morgan fingerprint density at radius 2 is 1.53 bits per heavy atom. The van der Waals surface area contributed by atoms with E-state index in [-0.39, 0.29) is 44.2 Å². The first kappa shape index (κ1) is 50.8. The fraction of sp³-hybridized carbons (Fsp3) is 0.651. The van der Waals surface area contributed by atoms with Gasteiger partial charge in [-0.3, -0.25) is 33.6 Å². The molecule has 2 N–H and O–H groups in total. The van der Waals surface area contributed by atoms with Crippen molar-refractivity contribution < 1.29 is 81.0 Å². The van der Waals surface area contributed by atoms with Crippen LogP contribution in [0.15, 0.2) is 12.1 Å². The zero-order valence-electron chi connectivity index (χ0n) is 38.2. The minimum absolute atomic E-state index is 0.0445. The highest BCUT2D eigenvalue weighted by molar-refractivity contribution is 5.95. The highest BCUT2D eigenvalue weighted by Gasteiger charge is 2.60. The van der Waals surface area contributed by atoms with Crippen molar-refractivity contribution in [1.29, 1.82) is 0 Å². The number of hydrogen-bond donors (Lipinski definition) is 2. The first-order chi connectivity index (χ1) is 29.8. The summed E-state index contributed by atoms with van der Waals surface area (Å²) in [5.74, 6) is -6.12. The SMILES string of the molecule is COC(=O)[C@@]1(CC(=O)N2CCOC[C@]23CCN(C(=O)OC(C)(C)C)C3)C[C@H](OC(C)=O)[C@@H](NC(C)=O)[C@H]([C@H](OC(C)=O)[C@@H](CNC(=O)c2cc(C)c(OC(C)=O)c(C)c2)OC(C)=O)O1. The molecule has 21 nitrogen and oxygen atoms in total. The number of ether oxygens (including phenoxy) is 8. The molecule has 0 saturated carbocycles. The van der Waals surface area contributed by atoms with Gasteiger partial charge in [0, 0.05) is 66.2 Å². The molecule has 0 aromatic heterocycles. The molecule has 0 unspecified atom stereocenters. The maximum atomic E-state index is 14.8. The zero-order valence-corrected chi connectivity index (χ0v) is 38.2. The van der Waals surface area contributed by atoms with Gasteiger partial charge in [0.05, 0.1) is 44.9 Å². The number of esters is 5. The lowest BCUT2D eigenvalue weighted by atomic mass is 9.80. The Morgan fingerprint density at radius 1 is 0.891 bits per heavy atom. The van der Waals surface area contributed by atoms with Gasteiger partial charge in [-0.25, -0.2) is 9.59 Å². The van der Waals surface area contributed by atoms with Crippen LogP contribution in [0.25, 0.3) is 0 Å². The highest BCUT2D eigenvalue weighted by Crippen LogP contribution is 2.40. The topological polar surface area (TPSA) is 258 Å². The van der Waals surface area contributed by atoms with Crippen LogP contribution in [-0.2, 0) is 66.7 Å². The predicted octanol–water partition coefficient (Wildman–Crippen LogP) is 1.59. The number of methoxy groups -OCH3 is 1. The van der Waals surface area contributed by atoms with Gasteiger partial charge in [-0.15, -0.1) is 0 Å². The molecule has 3 heterocycles. The van der Waals surface area contributed by atoms with Gasteiger partial charge in [0.1, 0.15) is 23.6 Å². The van der Waals surface area contributed by atoms with Crippen molar-refractivity contribution >= 4 is 53.7 Å². The summed E-state index contributed by atoms with van der Waals surface area (Å²) in [5, 5.41) is 5.29. The van der Waals surface area contributed by atoms with Gasteiger partial charge in [-0.2, -0.15) is 0 Å². The normalized spacial score (nSPS) is 24.1. The van der Waals surface area contributed by atoms with E-state index < -0.39 is 120 Å². The largest absolute Gasteiger partial charge is 0.467 e. The van der Waals surface area contributed by atoms with Crippen LogP contribution in [0.4, 0.5) is 4.79 Å². The number of likely N-dealkylation sites (tertiary alicyclic amines) is 1. The van der Waals surface area contributed by atoms with Crippen molar-refractivity contribution in [3.8, 4) is 5.75 Å².